The number of hydrogen-bond donors (Lipinski definition) is 1. The SMILES string of the molecule is CC[C@@H](C)NC(=O)[C@H](Cc1ccccc1)N(Cc1cccc(C)c1)C(=O)Cc1c(F)cccc1Cl. The lowest BCUT2D eigenvalue weighted by Crippen LogP contribution is -2.52. The fourth-order valence-corrected chi connectivity index (χ4v) is 4.19. The minimum absolute atomic E-state index is 0.0438. The van der Waals surface area contributed by atoms with Crippen LogP contribution in [0.2, 0.25) is 5.02 Å². The Morgan fingerprint density at radius 2 is 1.69 bits per heavy atom. The molecule has 0 spiro atoms. The van der Waals surface area contributed by atoms with Crippen molar-refractivity contribution in [1.29, 1.82) is 0 Å². The van der Waals surface area contributed by atoms with Crippen LogP contribution in [0.4, 0.5) is 4.39 Å². The van der Waals surface area contributed by atoms with Gasteiger partial charge in [-0.25, -0.2) is 4.39 Å². The molecular formula is C29H32ClFN2O2. The minimum atomic E-state index is -0.773. The number of carbonyl (C=O) groups excluding carboxylic acids is 2. The maximum Gasteiger partial charge on any atom is 0.243 e. The standard InChI is InChI=1S/C29H32ClFN2O2/c1-4-21(3)32-29(35)27(17-22-11-6-5-7-12-22)33(19-23-13-8-10-20(2)16-23)28(34)18-24-25(30)14-9-15-26(24)31/h5-16,21,27H,4,17-19H2,1-3H3,(H,32,35)/t21-,27+/m1/s1. The maximum atomic E-state index is 14.5. The Morgan fingerprint density at radius 1 is 1.00 bits per heavy atom. The summed E-state index contributed by atoms with van der Waals surface area (Å²) in [6.45, 7) is 6.13. The zero-order valence-corrected chi connectivity index (χ0v) is 21.2. The lowest BCUT2D eigenvalue weighted by Gasteiger charge is -2.32. The summed E-state index contributed by atoms with van der Waals surface area (Å²) in [6.07, 6.45) is 0.866. The summed E-state index contributed by atoms with van der Waals surface area (Å²) in [5, 5.41) is 3.23. The van der Waals surface area contributed by atoms with E-state index in [-0.39, 0.29) is 41.4 Å². The molecule has 0 unspecified atom stereocenters. The van der Waals surface area contributed by atoms with Crippen LogP contribution in [0, 0.1) is 12.7 Å². The summed E-state index contributed by atoms with van der Waals surface area (Å²) in [4.78, 5) is 28.8. The van der Waals surface area contributed by atoms with E-state index in [1.54, 1.807) is 11.0 Å². The van der Waals surface area contributed by atoms with E-state index in [1.165, 1.54) is 12.1 Å². The Bertz CT molecular complexity index is 1130. The summed E-state index contributed by atoms with van der Waals surface area (Å²) in [5.41, 5.74) is 3.01. The number of nitrogens with zero attached hydrogens (tertiary/aromatic N) is 1. The van der Waals surface area contributed by atoms with Crippen LogP contribution in [-0.4, -0.2) is 28.8 Å². The average molecular weight is 495 g/mol. The molecule has 0 bridgehead atoms. The van der Waals surface area contributed by atoms with E-state index in [4.69, 9.17) is 11.6 Å². The zero-order valence-electron chi connectivity index (χ0n) is 20.4. The van der Waals surface area contributed by atoms with Crippen molar-refractivity contribution in [3.63, 3.8) is 0 Å². The zero-order chi connectivity index (χ0) is 25.4. The molecule has 1 N–H and O–H groups in total. The molecule has 0 aliphatic carbocycles. The number of aryl methyl sites for hydroxylation is 1. The molecular weight excluding hydrogens is 463 g/mol. The second-order valence-electron chi connectivity index (χ2n) is 8.91. The number of amides is 2. The summed E-state index contributed by atoms with van der Waals surface area (Å²) in [5.74, 6) is -1.13. The third-order valence-electron chi connectivity index (χ3n) is 6.10. The Labute approximate surface area is 212 Å². The maximum absolute atomic E-state index is 14.5. The Hall–Kier alpha value is -3.18. The third kappa shape index (κ3) is 7.40. The van der Waals surface area contributed by atoms with Crippen LogP contribution in [0.1, 0.15) is 42.5 Å². The van der Waals surface area contributed by atoms with Crippen LogP contribution in [-0.2, 0) is 29.0 Å². The number of benzene rings is 3. The van der Waals surface area contributed by atoms with E-state index in [0.717, 1.165) is 23.1 Å². The molecule has 0 saturated heterocycles. The molecule has 3 aromatic carbocycles. The van der Waals surface area contributed by atoms with E-state index < -0.39 is 11.9 Å². The third-order valence-corrected chi connectivity index (χ3v) is 6.45. The van der Waals surface area contributed by atoms with Gasteiger partial charge in [0.15, 0.2) is 0 Å². The molecule has 0 radical (unpaired) electrons. The second-order valence-corrected chi connectivity index (χ2v) is 9.32. The van der Waals surface area contributed by atoms with Crippen LogP contribution >= 0.6 is 11.6 Å². The van der Waals surface area contributed by atoms with E-state index in [2.05, 4.69) is 5.32 Å². The number of nitrogens with one attached hydrogen (secondary N) is 1. The molecule has 0 saturated carbocycles. The van der Waals surface area contributed by atoms with Gasteiger partial charge in [-0.15, -0.1) is 0 Å². The van der Waals surface area contributed by atoms with Crippen molar-refractivity contribution in [2.45, 2.75) is 58.7 Å². The summed E-state index contributed by atoms with van der Waals surface area (Å²) < 4.78 is 14.5. The van der Waals surface area contributed by atoms with Crippen molar-refractivity contribution in [3.8, 4) is 0 Å². The summed E-state index contributed by atoms with van der Waals surface area (Å²) >= 11 is 6.23. The lowest BCUT2D eigenvalue weighted by molar-refractivity contribution is -0.141. The summed E-state index contributed by atoms with van der Waals surface area (Å²) in [6, 6.07) is 21.0. The van der Waals surface area contributed by atoms with E-state index in [1.807, 2.05) is 75.4 Å². The van der Waals surface area contributed by atoms with Crippen LogP contribution in [0.3, 0.4) is 0 Å². The van der Waals surface area contributed by atoms with Gasteiger partial charge in [-0.3, -0.25) is 9.59 Å². The number of halogens is 2. The molecule has 3 aromatic rings. The molecule has 3 rings (SSSR count). The van der Waals surface area contributed by atoms with Crippen molar-refractivity contribution >= 4 is 23.4 Å². The highest BCUT2D eigenvalue weighted by atomic mass is 35.5. The van der Waals surface area contributed by atoms with E-state index in [0.29, 0.717) is 6.42 Å². The van der Waals surface area contributed by atoms with E-state index in [9.17, 15) is 14.0 Å². The predicted octanol–water partition coefficient (Wildman–Crippen LogP) is 5.88. The van der Waals surface area contributed by atoms with Crippen molar-refractivity contribution < 1.29 is 14.0 Å². The highest BCUT2D eigenvalue weighted by Gasteiger charge is 2.31. The topological polar surface area (TPSA) is 49.4 Å². The normalized spacial score (nSPS) is 12.6. The Kier molecular flexibility index (Phi) is 9.44. The molecule has 0 fully saturated rings. The van der Waals surface area contributed by atoms with Crippen molar-refractivity contribution in [1.82, 2.24) is 10.2 Å². The van der Waals surface area contributed by atoms with Crippen LogP contribution in [0.5, 0.6) is 0 Å². The molecule has 2 amide bonds. The van der Waals surface area contributed by atoms with Gasteiger partial charge in [0.2, 0.25) is 11.8 Å². The highest BCUT2D eigenvalue weighted by Crippen LogP contribution is 2.23. The fraction of sp³-hybridized carbons (Fsp3) is 0.310. The average Bonchev–Trinajstić information content (AvgIpc) is 2.84. The Balaban J connectivity index is 2.01. The largest absolute Gasteiger partial charge is 0.352 e. The van der Waals surface area contributed by atoms with Gasteiger partial charge in [-0.1, -0.05) is 84.8 Å². The highest BCUT2D eigenvalue weighted by molar-refractivity contribution is 6.31. The predicted molar refractivity (Wildman–Crippen MR) is 139 cm³/mol. The quantitative estimate of drug-likeness (QED) is 0.382. The summed E-state index contributed by atoms with van der Waals surface area (Å²) in [7, 11) is 0. The molecule has 0 aromatic heterocycles. The first-order chi connectivity index (χ1) is 16.8. The molecule has 0 heterocycles. The van der Waals surface area contributed by atoms with Crippen molar-refractivity contribution in [2.75, 3.05) is 0 Å². The monoisotopic (exact) mass is 494 g/mol. The van der Waals surface area contributed by atoms with Gasteiger partial charge in [0.05, 0.1) is 6.42 Å². The van der Waals surface area contributed by atoms with Gasteiger partial charge in [0.25, 0.3) is 0 Å². The van der Waals surface area contributed by atoms with Gasteiger partial charge in [-0.2, -0.15) is 0 Å². The molecule has 2 atom stereocenters. The minimum Gasteiger partial charge on any atom is -0.352 e. The second kappa shape index (κ2) is 12.5. The number of rotatable bonds is 10. The molecule has 0 aliphatic heterocycles. The first-order valence-corrected chi connectivity index (χ1v) is 12.3. The number of carbonyl (C=O) groups is 2. The fourth-order valence-electron chi connectivity index (χ4n) is 3.96. The van der Waals surface area contributed by atoms with Crippen molar-refractivity contribution in [3.05, 3.63) is 106 Å². The molecule has 6 heteroatoms. The van der Waals surface area contributed by atoms with Gasteiger partial charge >= 0.3 is 0 Å². The molecule has 4 nitrogen and oxygen atoms in total. The van der Waals surface area contributed by atoms with Gasteiger partial charge in [0.1, 0.15) is 11.9 Å². The molecule has 184 valence electrons. The molecule has 35 heavy (non-hydrogen) atoms. The van der Waals surface area contributed by atoms with Crippen LogP contribution in [0.25, 0.3) is 0 Å². The molecule has 0 aliphatic rings. The van der Waals surface area contributed by atoms with Crippen LogP contribution in [0.15, 0.2) is 72.8 Å². The van der Waals surface area contributed by atoms with Gasteiger partial charge in [-0.05, 0) is 43.5 Å². The van der Waals surface area contributed by atoms with Crippen LogP contribution < -0.4 is 5.32 Å². The van der Waals surface area contributed by atoms with Gasteiger partial charge in [0, 0.05) is 29.6 Å². The lowest BCUT2D eigenvalue weighted by atomic mass is 10.0. The first kappa shape index (κ1) is 26.4. The Morgan fingerprint density at radius 3 is 2.34 bits per heavy atom. The number of hydrogen-bond acceptors (Lipinski definition) is 2. The first-order valence-electron chi connectivity index (χ1n) is 11.9. The van der Waals surface area contributed by atoms with Gasteiger partial charge < -0.3 is 10.2 Å². The van der Waals surface area contributed by atoms with Crippen molar-refractivity contribution in [2.24, 2.45) is 0 Å². The smallest absolute Gasteiger partial charge is 0.243 e. The van der Waals surface area contributed by atoms with E-state index >= 15 is 0 Å².